The monoisotopic (exact) mass is 277 g/mol. The highest BCUT2D eigenvalue weighted by atomic mass is 16.6. The van der Waals surface area contributed by atoms with Gasteiger partial charge in [0, 0.05) is 6.54 Å². The van der Waals surface area contributed by atoms with Gasteiger partial charge < -0.3 is 9.47 Å². The van der Waals surface area contributed by atoms with E-state index in [1.165, 1.54) is 4.90 Å². The molecular weight excluding hydrogens is 258 g/mol. The molecule has 0 aliphatic carbocycles. The van der Waals surface area contributed by atoms with Crippen LogP contribution in [0.3, 0.4) is 0 Å². The highest BCUT2D eigenvalue weighted by Crippen LogP contribution is 2.20. The van der Waals surface area contributed by atoms with Gasteiger partial charge in [0.1, 0.15) is 12.6 Å². The van der Waals surface area contributed by atoms with E-state index in [0.29, 0.717) is 19.6 Å². The van der Waals surface area contributed by atoms with E-state index < -0.39 is 12.1 Å². The van der Waals surface area contributed by atoms with Crippen LogP contribution in [0.2, 0.25) is 0 Å². The topological polar surface area (TPSA) is 55.8 Å². The SMILES string of the molecule is CCOC(=O)C1CCCN1C(=O)OCc1ccccc1. The lowest BCUT2D eigenvalue weighted by molar-refractivity contribution is -0.147. The van der Waals surface area contributed by atoms with Gasteiger partial charge in [-0.05, 0) is 25.3 Å². The normalized spacial score (nSPS) is 17.9. The maximum absolute atomic E-state index is 12.0. The number of rotatable bonds is 4. The molecule has 1 aliphatic rings. The number of hydrogen-bond donors (Lipinski definition) is 0. The molecule has 0 radical (unpaired) electrons. The number of amides is 1. The largest absolute Gasteiger partial charge is 0.464 e. The molecule has 20 heavy (non-hydrogen) atoms. The first-order valence-electron chi connectivity index (χ1n) is 6.86. The van der Waals surface area contributed by atoms with Crippen LogP contribution in [0.15, 0.2) is 30.3 Å². The lowest BCUT2D eigenvalue weighted by Crippen LogP contribution is -2.41. The van der Waals surface area contributed by atoms with Gasteiger partial charge in [0.2, 0.25) is 0 Å². The van der Waals surface area contributed by atoms with Gasteiger partial charge in [-0.3, -0.25) is 4.90 Å². The number of benzene rings is 1. The lowest BCUT2D eigenvalue weighted by atomic mass is 10.2. The van der Waals surface area contributed by atoms with Gasteiger partial charge in [-0.1, -0.05) is 30.3 Å². The van der Waals surface area contributed by atoms with Crippen LogP contribution in [0.1, 0.15) is 25.3 Å². The van der Waals surface area contributed by atoms with E-state index in [-0.39, 0.29) is 12.6 Å². The Morgan fingerprint density at radius 2 is 2.00 bits per heavy atom. The minimum Gasteiger partial charge on any atom is -0.464 e. The summed E-state index contributed by atoms with van der Waals surface area (Å²) in [7, 11) is 0. The summed E-state index contributed by atoms with van der Waals surface area (Å²) in [5.74, 6) is -0.346. The summed E-state index contributed by atoms with van der Waals surface area (Å²) in [5.41, 5.74) is 0.924. The van der Waals surface area contributed by atoms with Crippen molar-refractivity contribution in [2.45, 2.75) is 32.4 Å². The quantitative estimate of drug-likeness (QED) is 0.793. The summed E-state index contributed by atoms with van der Waals surface area (Å²) in [6, 6.07) is 8.96. The smallest absolute Gasteiger partial charge is 0.410 e. The molecule has 1 unspecified atom stereocenters. The number of nitrogens with zero attached hydrogens (tertiary/aromatic N) is 1. The molecule has 5 nitrogen and oxygen atoms in total. The molecular formula is C15H19NO4. The summed E-state index contributed by atoms with van der Waals surface area (Å²) in [5, 5.41) is 0. The van der Waals surface area contributed by atoms with Gasteiger partial charge in [0.05, 0.1) is 6.61 Å². The van der Waals surface area contributed by atoms with Crippen LogP contribution >= 0.6 is 0 Å². The lowest BCUT2D eigenvalue weighted by Gasteiger charge is -2.22. The van der Waals surface area contributed by atoms with E-state index in [4.69, 9.17) is 9.47 Å². The zero-order valence-electron chi connectivity index (χ0n) is 11.6. The predicted octanol–water partition coefficient (Wildman–Crippen LogP) is 2.35. The van der Waals surface area contributed by atoms with Gasteiger partial charge >= 0.3 is 12.1 Å². The van der Waals surface area contributed by atoms with E-state index in [2.05, 4.69) is 0 Å². The van der Waals surface area contributed by atoms with Gasteiger partial charge in [0.15, 0.2) is 0 Å². The van der Waals surface area contributed by atoms with Crippen molar-refractivity contribution in [1.82, 2.24) is 4.90 Å². The van der Waals surface area contributed by atoms with Crippen LogP contribution in [0, 0.1) is 0 Å². The molecule has 1 saturated heterocycles. The summed E-state index contributed by atoms with van der Waals surface area (Å²) in [6.07, 6.45) is 0.979. The van der Waals surface area contributed by atoms with Crippen LogP contribution in [-0.4, -0.2) is 36.2 Å². The zero-order valence-corrected chi connectivity index (χ0v) is 11.6. The number of carbonyl (C=O) groups excluding carboxylic acids is 2. The molecule has 2 rings (SSSR count). The Kier molecular flexibility index (Phi) is 4.98. The molecule has 0 saturated carbocycles. The Morgan fingerprint density at radius 1 is 1.25 bits per heavy atom. The van der Waals surface area contributed by atoms with E-state index in [0.717, 1.165) is 12.0 Å². The molecule has 0 aromatic heterocycles. The minimum atomic E-state index is -0.502. The number of carbonyl (C=O) groups is 2. The molecule has 0 spiro atoms. The standard InChI is InChI=1S/C15H19NO4/c1-2-19-14(17)13-9-6-10-16(13)15(18)20-11-12-7-4-3-5-8-12/h3-5,7-8,13H,2,6,9-11H2,1H3. The van der Waals surface area contributed by atoms with Gasteiger partial charge in [-0.15, -0.1) is 0 Å². The Bertz CT molecular complexity index is 460. The fourth-order valence-corrected chi connectivity index (χ4v) is 2.27. The van der Waals surface area contributed by atoms with Crippen molar-refractivity contribution >= 4 is 12.1 Å². The van der Waals surface area contributed by atoms with Crippen molar-refractivity contribution in [3.8, 4) is 0 Å². The van der Waals surface area contributed by atoms with Crippen LogP contribution in [0.25, 0.3) is 0 Å². The highest BCUT2D eigenvalue weighted by molar-refractivity contribution is 5.82. The van der Waals surface area contributed by atoms with E-state index >= 15 is 0 Å². The second kappa shape index (κ2) is 6.93. The van der Waals surface area contributed by atoms with Crippen molar-refractivity contribution in [1.29, 1.82) is 0 Å². The average molecular weight is 277 g/mol. The maximum Gasteiger partial charge on any atom is 0.410 e. The Hall–Kier alpha value is -2.04. The number of hydrogen-bond acceptors (Lipinski definition) is 4. The molecule has 1 aromatic carbocycles. The first kappa shape index (κ1) is 14.4. The van der Waals surface area contributed by atoms with Crippen molar-refractivity contribution < 1.29 is 19.1 Å². The maximum atomic E-state index is 12.0. The predicted molar refractivity (Wildman–Crippen MR) is 73.0 cm³/mol. The molecule has 1 fully saturated rings. The fourth-order valence-electron chi connectivity index (χ4n) is 2.27. The van der Waals surface area contributed by atoms with Gasteiger partial charge in [0.25, 0.3) is 0 Å². The van der Waals surface area contributed by atoms with Crippen molar-refractivity contribution in [3.63, 3.8) is 0 Å². The first-order valence-corrected chi connectivity index (χ1v) is 6.86. The fraction of sp³-hybridized carbons (Fsp3) is 0.467. The van der Waals surface area contributed by atoms with Gasteiger partial charge in [-0.25, -0.2) is 9.59 Å². The summed E-state index contributed by atoms with van der Waals surface area (Å²) in [4.78, 5) is 25.3. The van der Waals surface area contributed by atoms with Gasteiger partial charge in [-0.2, -0.15) is 0 Å². The molecule has 1 aromatic rings. The Morgan fingerprint density at radius 3 is 2.70 bits per heavy atom. The third kappa shape index (κ3) is 3.50. The van der Waals surface area contributed by atoms with E-state index in [9.17, 15) is 9.59 Å². The number of esters is 1. The average Bonchev–Trinajstić information content (AvgIpc) is 2.96. The van der Waals surface area contributed by atoms with Crippen LogP contribution in [0.4, 0.5) is 4.79 Å². The molecule has 0 N–H and O–H groups in total. The number of likely N-dealkylation sites (tertiary alicyclic amines) is 1. The van der Waals surface area contributed by atoms with Crippen molar-refractivity contribution in [2.75, 3.05) is 13.2 Å². The third-order valence-corrected chi connectivity index (χ3v) is 3.25. The summed E-state index contributed by atoms with van der Waals surface area (Å²) >= 11 is 0. The molecule has 1 atom stereocenters. The van der Waals surface area contributed by atoms with E-state index in [1.54, 1.807) is 6.92 Å². The van der Waals surface area contributed by atoms with E-state index in [1.807, 2.05) is 30.3 Å². The van der Waals surface area contributed by atoms with Crippen molar-refractivity contribution in [2.24, 2.45) is 0 Å². The molecule has 108 valence electrons. The molecule has 1 amide bonds. The molecule has 1 aliphatic heterocycles. The molecule has 0 bridgehead atoms. The van der Waals surface area contributed by atoms with Crippen LogP contribution in [-0.2, 0) is 20.9 Å². The summed E-state index contributed by atoms with van der Waals surface area (Å²) < 4.78 is 10.2. The summed E-state index contributed by atoms with van der Waals surface area (Å²) in [6.45, 7) is 2.83. The second-order valence-corrected chi connectivity index (χ2v) is 4.64. The van der Waals surface area contributed by atoms with Crippen molar-refractivity contribution in [3.05, 3.63) is 35.9 Å². The molecule has 1 heterocycles. The second-order valence-electron chi connectivity index (χ2n) is 4.64. The Labute approximate surface area is 118 Å². The number of ether oxygens (including phenoxy) is 2. The molecule has 5 heteroatoms. The first-order chi connectivity index (χ1) is 9.72. The zero-order chi connectivity index (χ0) is 14.4. The van der Waals surface area contributed by atoms with Crippen LogP contribution < -0.4 is 0 Å². The third-order valence-electron chi connectivity index (χ3n) is 3.25. The van der Waals surface area contributed by atoms with Crippen LogP contribution in [0.5, 0.6) is 0 Å². The Balaban J connectivity index is 1.89. The minimum absolute atomic E-state index is 0.214. The highest BCUT2D eigenvalue weighted by Gasteiger charge is 2.36.